The molecule has 0 aromatic carbocycles. The van der Waals surface area contributed by atoms with Gasteiger partial charge in [-0.3, -0.25) is 4.90 Å². The maximum Gasteiger partial charge on any atom is 0.0900 e. The minimum absolute atomic E-state index is 0.354. The minimum Gasteiger partial charge on any atom is -0.389 e. The lowest BCUT2D eigenvalue weighted by molar-refractivity contribution is -0.0166. The van der Waals surface area contributed by atoms with Gasteiger partial charge in [0.2, 0.25) is 0 Å². The van der Waals surface area contributed by atoms with Crippen LogP contribution in [0.1, 0.15) is 32.1 Å². The summed E-state index contributed by atoms with van der Waals surface area (Å²) in [6.45, 7) is 5.48. The first-order chi connectivity index (χ1) is 9.81. The largest absolute Gasteiger partial charge is 0.389 e. The van der Waals surface area contributed by atoms with Gasteiger partial charge in [0.15, 0.2) is 0 Å². The Morgan fingerprint density at radius 3 is 2.75 bits per heavy atom. The summed E-state index contributed by atoms with van der Waals surface area (Å²) < 4.78 is 11.0. The van der Waals surface area contributed by atoms with E-state index in [1.54, 1.807) is 0 Å². The number of hydrogen-bond donors (Lipinski definition) is 1. The highest BCUT2D eigenvalue weighted by Crippen LogP contribution is 2.49. The quantitative estimate of drug-likeness (QED) is 0.719. The maximum absolute atomic E-state index is 9.99. The lowest BCUT2D eigenvalue weighted by Crippen LogP contribution is -2.42. The van der Waals surface area contributed by atoms with Crippen LogP contribution in [0.5, 0.6) is 0 Å². The van der Waals surface area contributed by atoms with Crippen LogP contribution in [0.4, 0.5) is 0 Å². The van der Waals surface area contributed by atoms with Crippen LogP contribution >= 0.6 is 0 Å². The third kappa shape index (κ3) is 3.94. The van der Waals surface area contributed by atoms with Gasteiger partial charge in [0, 0.05) is 26.2 Å². The van der Waals surface area contributed by atoms with E-state index < -0.39 is 0 Å². The fourth-order valence-electron chi connectivity index (χ4n) is 4.32. The van der Waals surface area contributed by atoms with E-state index in [1.807, 2.05) is 0 Å². The zero-order valence-electron chi connectivity index (χ0n) is 12.5. The van der Waals surface area contributed by atoms with Crippen LogP contribution in [0.2, 0.25) is 0 Å². The molecule has 0 radical (unpaired) electrons. The summed E-state index contributed by atoms with van der Waals surface area (Å²) in [7, 11) is 0. The zero-order chi connectivity index (χ0) is 13.8. The molecule has 1 saturated heterocycles. The van der Waals surface area contributed by atoms with E-state index in [2.05, 4.69) is 4.90 Å². The molecule has 3 aliphatic rings. The van der Waals surface area contributed by atoms with E-state index >= 15 is 0 Å². The predicted octanol–water partition coefficient (Wildman–Crippen LogP) is 1.52. The number of hydrogen-bond acceptors (Lipinski definition) is 4. The Labute approximate surface area is 122 Å². The number of fused-ring (bicyclic) bond motifs is 2. The number of aliphatic hydroxyl groups is 1. The second-order valence-electron chi connectivity index (χ2n) is 6.87. The molecule has 0 aromatic rings. The monoisotopic (exact) mass is 283 g/mol. The highest BCUT2D eigenvalue weighted by atomic mass is 16.5. The van der Waals surface area contributed by atoms with Crippen molar-refractivity contribution >= 4 is 0 Å². The van der Waals surface area contributed by atoms with Gasteiger partial charge < -0.3 is 14.6 Å². The maximum atomic E-state index is 9.99. The van der Waals surface area contributed by atoms with Gasteiger partial charge >= 0.3 is 0 Å². The summed E-state index contributed by atoms with van der Waals surface area (Å²) in [5, 5.41) is 9.99. The first kappa shape index (κ1) is 14.8. The average Bonchev–Trinajstić information content (AvgIpc) is 3.07. The van der Waals surface area contributed by atoms with Crippen LogP contribution in [0.15, 0.2) is 0 Å². The molecule has 0 spiro atoms. The first-order valence-corrected chi connectivity index (χ1v) is 8.37. The Morgan fingerprint density at radius 1 is 1.20 bits per heavy atom. The molecular weight excluding hydrogens is 254 g/mol. The number of aliphatic hydroxyl groups excluding tert-OH is 1. The van der Waals surface area contributed by atoms with E-state index in [9.17, 15) is 5.11 Å². The molecule has 3 rings (SSSR count). The van der Waals surface area contributed by atoms with Gasteiger partial charge in [0.05, 0.1) is 25.9 Å². The van der Waals surface area contributed by atoms with Crippen LogP contribution in [0.25, 0.3) is 0 Å². The molecule has 1 aliphatic heterocycles. The van der Waals surface area contributed by atoms with Crippen molar-refractivity contribution in [2.45, 2.75) is 38.2 Å². The summed E-state index contributed by atoms with van der Waals surface area (Å²) >= 11 is 0. The second kappa shape index (κ2) is 7.21. The number of nitrogens with zero attached hydrogens (tertiary/aromatic N) is 1. The molecule has 2 bridgehead atoms. The Morgan fingerprint density at radius 2 is 2.05 bits per heavy atom. The smallest absolute Gasteiger partial charge is 0.0900 e. The minimum atomic E-state index is -0.354. The fourth-order valence-corrected chi connectivity index (χ4v) is 4.32. The van der Waals surface area contributed by atoms with Crippen LogP contribution in [0, 0.1) is 17.8 Å². The Hall–Kier alpha value is -0.160. The molecule has 2 saturated carbocycles. The normalized spacial score (nSPS) is 35.5. The summed E-state index contributed by atoms with van der Waals surface area (Å²) in [5.41, 5.74) is 0. The zero-order valence-corrected chi connectivity index (χ0v) is 12.5. The fraction of sp³-hybridized carbons (Fsp3) is 1.00. The molecule has 4 atom stereocenters. The lowest BCUT2D eigenvalue weighted by atomic mass is 9.87. The van der Waals surface area contributed by atoms with E-state index in [1.165, 1.54) is 32.1 Å². The Bertz CT molecular complexity index is 293. The third-order valence-corrected chi connectivity index (χ3v) is 5.40. The Balaban J connectivity index is 1.24. The molecule has 1 heterocycles. The summed E-state index contributed by atoms with van der Waals surface area (Å²) in [6.07, 6.45) is 6.68. The van der Waals surface area contributed by atoms with Crippen molar-refractivity contribution in [2.24, 2.45) is 17.8 Å². The molecule has 4 heteroatoms. The van der Waals surface area contributed by atoms with E-state index in [-0.39, 0.29) is 6.10 Å². The molecule has 2 aliphatic carbocycles. The van der Waals surface area contributed by atoms with Gasteiger partial charge in [0.25, 0.3) is 0 Å². The predicted molar refractivity (Wildman–Crippen MR) is 77.6 cm³/mol. The lowest BCUT2D eigenvalue weighted by Gasteiger charge is -2.28. The van der Waals surface area contributed by atoms with Gasteiger partial charge in [-0.05, 0) is 43.4 Å². The van der Waals surface area contributed by atoms with Gasteiger partial charge in [-0.1, -0.05) is 6.42 Å². The molecule has 116 valence electrons. The summed E-state index contributed by atoms with van der Waals surface area (Å²) in [5.74, 6) is 2.92. The number of rotatable bonds is 7. The summed E-state index contributed by atoms with van der Waals surface area (Å²) in [4.78, 5) is 2.26. The standard InChI is InChI=1S/C16H29NO3/c18-16(11-17-4-7-19-8-5-17)12-20-6-3-15-10-13-1-2-14(15)9-13/h13-16,18H,1-12H2. The topological polar surface area (TPSA) is 41.9 Å². The highest BCUT2D eigenvalue weighted by Gasteiger charge is 2.38. The van der Waals surface area contributed by atoms with E-state index in [0.29, 0.717) is 6.61 Å². The van der Waals surface area contributed by atoms with Crippen molar-refractivity contribution in [1.29, 1.82) is 0 Å². The molecule has 4 nitrogen and oxygen atoms in total. The SMILES string of the molecule is OC(COCCC1CC2CCC1C2)CN1CCOCC1. The van der Waals surface area contributed by atoms with E-state index in [0.717, 1.165) is 57.2 Å². The third-order valence-electron chi connectivity index (χ3n) is 5.40. The number of ether oxygens (including phenoxy) is 2. The van der Waals surface area contributed by atoms with Crippen LogP contribution in [-0.2, 0) is 9.47 Å². The van der Waals surface area contributed by atoms with Crippen LogP contribution < -0.4 is 0 Å². The summed E-state index contributed by atoms with van der Waals surface area (Å²) in [6, 6.07) is 0. The first-order valence-electron chi connectivity index (χ1n) is 8.37. The van der Waals surface area contributed by atoms with Crippen molar-refractivity contribution in [3.63, 3.8) is 0 Å². The van der Waals surface area contributed by atoms with Gasteiger partial charge in [0.1, 0.15) is 0 Å². The molecule has 1 N–H and O–H groups in total. The molecule has 4 unspecified atom stereocenters. The molecule has 20 heavy (non-hydrogen) atoms. The van der Waals surface area contributed by atoms with Gasteiger partial charge in [-0.15, -0.1) is 0 Å². The molecular formula is C16H29NO3. The number of β-amino-alcohol motifs (C(OH)–C–C–N with tert-alkyl or cyclic N) is 1. The molecule has 0 aromatic heterocycles. The van der Waals surface area contributed by atoms with Crippen LogP contribution in [-0.4, -0.2) is 62.2 Å². The number of morpholine rings is 1. The van der Waals surface area contributed by atoms with E-state index in [4.69, 9.17) is 9.47 Å². The molecule has 0 amide bonds. The van der Waals surface area contributed by atoms with Crippen molar-refractivity contribution in [3.8, 4) is 0 Å². The second-order valence-corrected chi connectivity index (χ2v) is 6.87. The molecule has 3 fully saturated rings. The van der Waals surface area contributed by atoms with Gasteiger partial charge in [-0.25, -0.2) is 0 Å². The van der Waals surface area contributed by atoms with Crippen molar-refractivity contribution in [3.05, 3.63) is 0 Å². The van der Waals surface area contributed by atoms with Gasteiger partial charge in [-0.2, -0.15) is 0 Å². The van der Waals surface area contributed by atoms with Crippen LogP contribution in [0.3, 0.4) is 0 Å². The average molecular weight is 283 g/mol. The Kier molecular flexibility index (Phi) is 5.32. The van der Waals surface area contributed by atoms with Crippen molar-refractivity contribution < 1.29 is 14.6 Å². The highest BCUT2D eigenvalue weighted by molar-refractivity contribution is 4.89. The van der Waals surface area contributed by atoms with Crippen molar-refractivity contribution in [1.82, 2.24) is 4.90 Å². The van der Waals surface area contributed by atoms with Crippen molar-refractivity contribution in [2.75, 3.05) is 46.1 Å².